The molecular weight excluding hydrogens is 294 g/mol. The summed E-state index contributed by atoms with van der Waals surface area (Å²) in [4.78, 5) is 0.247. The van der Waals surface area contributed by atoms with E-state index in [0.29, 0.717) is 0 Å². The number of rotatable bonds is 3. The van der Waals surface area contributed by atoms with Crippen LogP contribution in [-0.4, -0.2) is 19.8 Å². The molecule has 0 radical (unpaired) electrons. The Kier molecular flexibility index (Phi) is 4.89. The highest BCUT2D eigenvalue weighted by Crippen LogP contribution is 2.14. The fourth-order valence-corrected chi connectivity index (χ4v) is 2.86. The number of sulfonamides is 1. The molecule has 0 spiro atoms. The molecular formula is C18H19NO2S. The van der Waals surface area contributed by atoms with Gasteiger partial charge in [-0.2, -0.15) is 0 Å². The van der Waals surface area contributed by atoms with Crippen molar-refractivity contribution in [3.63, 3.8) is 0 Å². The van der Waals surface area contributed by atoms with Gasteiger partial charge in [-0.1, -0.05) is 36.8 Å². The lowest BCUT2D eigenvalue weighted by Crippen LogP contribution is -2.22. The van der Waals surface area contributed by atoms with Crippen LogP contribution in [0.4, 0.5) is 0 Å². The van der Waals surface area contributed by atoms with Gasteiger partial charge in [0.1, 0.15) is 0 Å². The quantitative estimate of drug-likeness (QED) is 0.644. The predicted octanol–water partition coefficient (Wildman–Crippen LogP) is 3.19. The number of nitrogens with zero attached hydrogens (tertiary/aromatic N) is 1. The van der Waals surface area contributed by atoms with E-state index >= 15 is 0 Å². The summed E-state index contributed by atoms with van der Waals surface area (Å²) in [7, 11) is -2.12. The number of hydrogen-bond donors (Lipinski definition) is 0. The third-order valence-corrected chi connectivity index (χ3v) is 5.08. The van der Waals surface area contributed by atoms with Crippen molar-refractivity contribution >= 4 is 10.0 Å². The van der Waals surface area contributed by atoms with Gasteiger partial charge in [-0.25, -0.2) is 12.7 Å². The molecule has 114 valence electrons. The lowest BCUT2D eigenvalue weighted by molar-refractivity contribution is 0.547. The van der Waals surface area contributed by atoms with Gasteiger partial charge in [0.15, 0.2) is 0 Å². The van der Waals surface area contributed by atoms with Crippen LogP contribution in [0.25, 0.3) is 0 Å². The summed E-state index contributed by atoms with van der Waals surface area (Å²) < 4.78 is 25.8. The van der Waals surface area contributed by atoms with Crippen LogP contribution < -0.4 is 0 Å². The molecule has 0 bridgehead atoms. The monoisotopic (exact) mass is 313 g/mol. The summed E-state index contributed by atoms with van der Waals surface area (Å²) in [6, 6.07) is 17.2. The van der Waals surface area contributed by atoms with Crippen molar-refractivity contribution in [1.82, 2.24) is 4.31 Å². The standard InChI is InChI=1S/C18H19NO2S/c1-4-16-7-9-17(10-8-16)13-14-19(3)22(20,21)18-11-5-15(2)6-12-18/h5-12H,4H2,1-3H3. The second-order valence-corrected chi connectivity index (χ2v) is 7.04. The Morgan fingerprint density at radius 3 is 2.14 bits per heavy atom. The zero-order valence-electron chi connectivity index (χ0n) is 13.0. The van der Waals surface area contributed by atoms with Gasteiger partial charge in [-0.15, -0.1) is 0 Å². The van der Waals surface area contributed by atoms with Crippen LogP contribution in [0.2, 0.25) is 0 Å². The van der Waals surface area contributed by atoms with Crippen molar-refractivity contribution in [2.24, 2.45) is 0 Å². The molecule has 0 saturated heterocycles. The zero-order chi connectivity index (χ0) is 16.2. The van der Waals surface area contributed by atoms with Crippen molar-refractivity contribution in [3.05, 3.63) is 65.2 Å². The van der Waals surface area contributed by atoms with E-state index in [2.05, 4.69) is 18.9 Å². The lowest BCUT2D eigenvalue weighted by Gasteiger charge is -2.12. The van der Waals surface area contributed by atoms with Crippen LogP contribution in [0.3, 0.4) is 0 Å². The second kappa shape index (κ2) is 6.67. The Labute approximate surface area is 132 Å². The molecule has 0 amide bonds. The van der Waals surface area contributed by atoms with Gasteiger partial charge in [-0.05, 0) is 49.1 Å². The minimum atomic E-state index is -3.58. The topological polar surface area (TPSA) is 37.4 Å². The Balaban J connectivity index is 2.22. The summed E-state index contributed by atoms with van der Waals surface area (Å²) in [5, 5.41) is 0. The van der Waals surface area contributed by atoms with E-state index in [0.717, 1.165) is 21.9 Å². The molecule has 0 aliphatic carbocycles. The fraction of sp³-hybridized carbons (Fsp3) is 0.222. The average molecular weight is 313 g/mol. The Morgan fingerprint density at radius 1 is 1.00 bits per heavy atom. The van der Waals surface area contributed by atoms with Crippen LogP contribution in [0.5, 0.6) is 0 Å². The number of aryl methyl sites for hydroxylation is 2. The predicted molar refractivity (Wildman–Crippen MR) is 88.8 cm³/mol. The number of hydrogen-bond acceptors (Lipinski definition) is 2. The minimum absolute atomic E-state index is 0.247. The van der Waals surface area contributed by atoms with Gasteiger partial charge in [0.2, 0.25) is 0 Å². The lowest BCUT2D eigenvalue weighted by atomic mass is 10.1. The van der Waals surface area contributed by atoms with Crippen molar-refractivity contribution < 1.29 is 8.42 Å². The maximum absolute atomic E-state index is 12.4. The average Bonchev–Trinajstić information content (AvgIpc) is 2.53. The Morgan fingerprint density at radius 2 is 1.59 bits per heavy atom. The highest BCUT2D eigenvalue weighted by atomic mass is 32.2. The summed E-state index contributed by atoms with van der Waals surface area (Å²) in [6.45, 7) is 4.00. The molecule has 0 saturated carbocycles. The SMILES string of the molecule is CCc1ccc(C#CN(C)S(=O)(=O)c2ccc(C)cc2)cc1. The molecule has 2 rings (SSSR count). The smallest absolute Gasteiger partial charge is 0.227 e. The van der Waals surface area contributed by atoms with E-state index in [1.807, 2.05) is 31.2 Å². The molecule has 3 nitrogen and oxygen atoms in total. The molecule has 0 aliphatic heterocycles. The van der Waals surface area contributed by atoms with Crippen LogP contribution >= 0.6 is 0 Å². The highest BCUT2D eigenvalue weighted by molar-refractivity contribution is 7.89. The third-order valence-electron chi connectivity index (χ3n) is 3.40. The first-order valence-electron chi connectivity index (χ1n) is 7.09. The summed E-state index contributed by atoms with van der Waals surface area (Å²) >= 11 is 0. The summed E-state index contributed by atoms with van der Waals surface area (Å²) in [5.74, 6) is 2.88. The maximum Gasteiger partial charge on any atom is 0.270 e. The molecule has 4 heteroatoms. The van der Waals surface area contributed by atoms with Crippen LogP contribution in [-0.2, 0) is 16.4 Å². The number of benzene rings is 2. The first-order valence-corrected chi connectivity index (χ1v) is 8.53. The Bertz CT molecular complexity index is 795. The van der Waals surface area contributed by atoms with E-state index < -0.39 is 10.0 Å². The van der Waals surface area contributed by atoms with E-state index in [-0.39, 0.29) is 4.90 Å². The molecule has 0 aromatic heterocycles. The van der Waals surface area contributed by atoms with Crippen molar-refractivity contribution in [2.75, 3.05) is 7.05 Å². The molecule has 0 heterocycles. The van der Waals surface area contributed by atoms with Crippen LogP contribution in [0.15, 0.2) is 53.4 Å². The van der Waals surface area contributed by atoms with E-state index in [1.165, 1.54) is 12.6 Å². The van der Waals surface area contributed by atoms with E-state index in [1.54, 1.807) is 24.3 Å². The van der Waals surface area contributed by atoms with Gasteiger partial charge >= 0.3 is 0 Å². The summed E-state index contributed by atoms with van der Waals surface area (Å²) in [6.07, 6.45) is 0.968. The largest absolute Gasteiger partial charge is 0.270 e. The summed E-state index contributed by atoms with van der Waals surface area (Å²) in [5.41, 5.74) is 3.04. The fourth-order valence-electron chi connectivity index (χ4n) is 1.90. The van der Waals surface area contributed by atoms with Crippen molar-refractivity contribution in [3.8, 4) is 12.0 Å². The molecule has 0 atom stereocenters. The van der Waals surface area contributed by atoms with Crippen molar-refractivity contribution in [1.29, 1.82) is 0 Å². The molecule has 2 aromatic carbocycles. The molecule has 22 heavy (non-hydrogen) atoms. The molecule has 0 fully saturated rings. The van der Waals surface area contributed by atoms with Crippen LogP contribution in [0.1, 0.15) is 23.6 Å². The maximum atomic E-state index is 12.4. The van der Waals surface area contributed by atoms with E-state index in [4.69, 9.17) is 0 Å². The van der Waals surface area contributed by atoms with E-state index in [9.17, 15) is 8.42 Å². The highest BCUT2D eigenvalue weighted by Gasteiger charge is 2.17. The first kappa shape index (κ1) is 16.1. The van der Waals surface area contributed by atoms with Gasteiger partial charge in [0.05, 0.1) is 4.90 Å². The molecule has 0 unspecified atom stereocenters. The normalized spacial score (nSPS) is 10.7. The van der Waals surface area contributed by atoms with Gasteiger partial charge in [-0.3, -0.25) is 0 Å². The van der Waals surface area contributed by atoms with Crippen LogP contribution in [0, 0.1) is 18.9 Å². The molecule has 0 aliphatic rings. The molecule has 2 aromatic rings. The van der Waals surface area contributed by atoms with Gasteiger partial charge in [0.25, 0.3) is 10.0 Å². The minimum Gasteiger partial charge on any atom is -0.227 e. The molecule has 0 N–H and O–H groups in total. The van der Waals surface area contributed by atoms with Gasteiger partial charge < -0.3 is 0 Å². The second-order valence-electron chi connectivity index (χ2n) is 5.07. The first-order chi connectivity index (χ1) is 10.4. The van der Waals surface area contributed by atoms with Gasteiger partial charge in [0, 0.05) is 18.7 Å². The zero-order valence-corrected chi connectivity index (χ0v) is 13.8. The Hall–Kier alpha value is -2.25. The third kappa shape index (κ3) is 3.69. The van der Waals surface area contributed by atoms with Crippen molar-refractivity contribution in [2.45, 2.75) is 25.2 Å².